The van der Waals surface area contributed by atoms with Crippen LogP contribution in [0.3, 0.4) is 0 Å². The fourth-order valence-electron chi connectivity index (χ4n) is 2.11. The van der Waals surface area contributed by atoms with E-state index in [1.807, 2.05) is 0 Å². The molecule has 0 unspecified atom stereocenters. The maximum Gasteiger partial charge on any atom is 0.238 e. The van der Waals surface area contributed by atoms with Crippen molar-refractivity contribution in [3.63, 3.8) is 0 Å². The Morgan fingerprint density at radius 1 is 0.870 bits per heavy atom. The second-order valence-electron chi connectivity index (χ2n) is 4.71. The van der Waals surface area contributed by atoms with E-state index in [2.05, 4.69) is 0 Å². The molecule has 0 bridgehead atoms. The summed E-state index contributed by atoms with van der Waals surface area (Å²) in [6, 6.07) is 9.68. The van der Waals surface area contributed by atoms with Crippen LogP contribution in [-0.2, 0) is 20.0 Å². The Kier molecular flexibility index (Phi) is 4.26. The van der Waals surface area contributed by atoms with Crippen LogP contribution in [0.15, 0.2) is 52.3 Å². The Morgan fingerprint density at radius 3 is 1.87 bits per heavy atom. The molecule has 0 fully saturated rings. The number of nitrogen functional groups attached to an aromatic ring is 1. The molecule has 0 aliphatic heterocycles. The maximum absolute atomic E-state index is 11.7. The molecule has 2 rings (SSSR count). The third-order valence-electron chi connectivity index (χ3n) is 3.10. The number of primary sulfonamides is 2. The number of amidine groups is 1. The van der Waals surface area contributed by atoms with Gasteiger partial charge in [0.15, 0.2) is 0 Å². The molecule has 0 aromatic heterocycles. The van der Waals surface area contributed by atoms with Crippen LogP contribution in [0.25, 0.3) is 11.1 Å². The van der Waals surface area contributed by atoms with Crippen molar-refractivity contribution in [2.45, 2.75) is 9.79 Å². The molecule has 10 heteroatoms. The zero-order valence-corrected chi connectivity index (χ0v) is 13.4. The molecule has 2 aromatic carbocycles. The minimum Gasteiger partial charge on any atom is -0.384 e. The summed E-state index contributed by atoms with van der Waals surface area (Å²) in [4.78, 5) is -0.369. The molecule has 23 heavy (non-hydrogen) atoms. The van der Waals surface area contributed by atoms with Crippen LogP contribution in [0.5, 0.6) is 0 Å². The Labute approximate surface area is 133 Å². The number of benzene rings is 2. The summed E-state index contributed by atoms with van der Waals surface area (Å²) in [5.41, 5.74) is 6.26. The Morgan fingerprint density at radius 2 is 1.43 bits per heavy atom. The van der Waals surface area contributed by atoms with Gasteiger partial charge in [0.25, 0.3) is 0 Å². The fourth-order valence-corrected chi connectivity index (χ4v) is 3.40. The lowest BCUT2D eigenvalue weighted by Gasteiger charge is -2.13. The van der Waals surface area contributed by atoms with Crippen molar-refractivity contribution < 1.29 is 16.8 Å². The van der Waals surface area contributed by atoms with Crippen molar-refractivity contribution in [3.8, 4) is 11.1 Å². The zero-order valence-electron chi connectivity index (χ0n) is 11.7. The predicted octanol–water partition coefficient (Wildman–Crippen LogP) is -0.0675. The molecule has 0 atom stereocenters. The molecule has 7 N–H and O–H groups in total. The summed E-state index contributed by atoms with van der Waals surface area (Å²) in [5.74, 6) is -0.472. The third-order valence-corrected chi connectivity index (χ3v) is 4.98. The Hall–Kier alpha value is -2.27. The summed E-state index contributed by atoms with van der Waals surface area (Å²) in [6.07, 6.45) is 0. The predicted molar refractivity (Wildman–Crippen MR) is 85.6 cm³/mol. The topological polar surface area (TPSA) is 170 Å². The van der Waals surface area contributed by atoms with Gasteiger partial charge in [-0.15, -0.1) is 0 Å². The van der Waals surface area contributed by atoms with E-state index in [4.69, 9.17) is 21.4 Å². The first kappa shape index (κ1) is 17.1. The van der Waals surface area contributed by atoms with E-state index in [1.54, 1.807) is 6.07 Å². The molecule has 2 aromatic rings. The first-order valence-corrected chi connectivity index (χ1v) is 9.24. The van der Waals surface area contributed by atoms with Gasteiger partial charge in [-0.3, -0.25) is 5.41 Å². The molecule has 0 aliphatic carbocycles. The van der Waals surface area contributed by atoms with Gasteiger partial charge < -0.3 is 5.73 Å². The van der Waals surface area contributed by atoms with Gasteiger partial charge in [0, 0.05) is 5.56 Å². The lowest BCUT2D eigenvalue weighted by molar-refractivity contribution is 0.596. The number of hydrogen-bond acceptors (Lipinski definition) is 5. The van der Waals surface area contributed by atoms with Crippen LogP contribution in [-0.4, -0.2) is 22.7 Å². The average Bonchev–Trinajstić information content (AvgIpc) is 2.44. The second-order valence-corrected chi connectivity index (χ2v) is 7.80. The summed E-state index contributed by atoms with van der Waals surface area (Å²) >= 11 is 0. The smallest absolute Gasteiger partial charge is 0.238 e. The van der Waals surface area contributed by atoms with Gasteiger partial charge >= 0.3 is 0 Å². The number of sulfonamides is 2. The monoisotopic (exact) mass is 354 g/mol. The normalized spacial score (nSPS) is 12.1. The van der Waals surface area contributed by atoms with Gasteiger partial charge in [-0.05, 0) is 29.3 Å². The minimum atomic E-state index is -4.08. The summed E-state index contributed by atoms with van der Waals surface area (Å²) in [7, 11) is -7.92. The van der Waals surface area contributed by atoms with Crippen molar-refractivity contribution in [1.82, 2.24) is 0 Å². The highest BCUT2D eigenvalue weighted by Crippen LogP contribution is 2.28. The van der Waals surface area contributed by atoms with Crippen molar-refractivity contribution in [2.24, 2.45) is 16.0 Å². The molecular weight excluding hydrogens is 340 g/mol. The fraction of sp³-hybridized carbons (Fsp3) is 0. The van der Waals surface area contributed by atoms with Gasteiger partial charge in [0.2, 0.25) is 20.0 Å². The molecule has 0 radical (unpaired) electrons. The summed E-state index contributed by atoms with van der Waals surface area (Å²) in [6.45, 7) is 0. The van der Waals surface area contributed by atoms with Crippen LogP contribution in [0.2, 0.25) is 0 Å². The lowest BCUT2D eigenvalue weighted by Crippen LogP contribution is -2.21. The van der Waals surface area contributed by atoms with E-state index in [9.17, 15) is 16.8 Å². The molecular formula is C13H14N4O4S2. The van der Waals surface area contributed by atoms with Crippen LogP contribution < -0.4 is 16.0 Å². The molecule has 0 spiro atoms. The van der Waals surface area contributed by atoms with Crippen molar-refractivity contribution in [1.29, 1.82) is 5.41 Å². The average molecular weight is 354 g/mol. The molecule has 0 saturated carbocycles. The highest BCUT2D eigenvalue weighted by molar-refractivity contribution is 7.89. The molecule has 0 aliphatic rings. The summed E-state index contributed by atoms with van der Waals surface area (Å²) in [5, 5.41) is 17.8. The number of hydrogen-bond donors (Lipinski definition) is 4. The van der Waals surface area contributed by atoms with Crippen molar-refractivity contribution in [2.75, 3.05) is 0 Å². The molecule has 0 amide bonds. The Balaban J connectivity index is 2.72. The van der Waals surface area contributed by atoms with Crippen LogP contribution in [0, 0.1) is 5.41 Å². The van der Waals surface area contributed by atoms with Gasteiger partial charge in [-0.2, -0.15) is 0 Å². The van der Waals surface area contributed by atoms with Crippen LogP contribution in [0.1, 0.15) is 5.56 Å². The molecule has 0 saturated heterocycles. The first-order chi connectivity index (χ1) is 10.5. The highest BCUT2D eigenvalue weighted by atomic mass is 32.2. The van der Waals surface area contributed by atoms with Gasteiger partial charge in [0.1, 0.15) is 5.84 Å². The van der Waals surface area contributed by atoms with E-state index < -0.39 is 25.9 Å². The largest absolute Gasteiger partial charge is 0.384 e. The Bertz CT molecular complexity index is 981. The summed E-state index contributed by atoms with van der Waals surface area (Å²) < 4.78 is 45.9. The van der Waals surface area contributed by atoms with Gasteiger partial charge in [-0.1, -0.05) is 24.3 Å². The van der Waals surface area contributed by atoms with Gasteiger partial charge in [0.05, 0.1) is 9.79 Å². The van der Waals surface area contributed by atoms with E-state index in [0.717, 1.165) is 0 Å². The molecule has 8 nitrogen and oxygen atoms in total. The van der Waals surface area contributed by atoms with E-state index in [0.29, 0.717) is 11.1 Å². The third kappa shape index (κ3) is 3.56. The van der Waals surface area contributed by atoms with Gasteiger partial charge in [-0.25, -0.2) is 27.1 Å². The van der Waals surface area contributed by atoms with E-state index >= 15 is 0 Å². The van der Waals surface area contributed by atoms with Crippen molar-refractivity contribution >= 4 is 25.9 Å². The van der Waals surface area contributed by atoms with Crippen LogP contribution in [0.4, 0.5) is 0 Å². The number of rotatable bonds is 4. The van der Waals surface area contributed by atoms with Crippen molar-refractivity contribution in [3.05, 3.63) is 48.0 Å². The maximum atomic E-state index is 11.7. The quantitative estimate of drug-likeness (QED) is 0.444. The standard InChI is InChI=1S/C13H14N4O4S2/c14-13(15)12-10(2-1-3-11(12)23(17,20)21)8-4-6-9(7-5-8)22(16,18)19/h1-7H,(H3,14,15)(H2,16,18,19)(H2,17,20,21). The number of nitrogens with two attached hydrogens (primary N) is 3. The van der Waals surface area contributed by atoms with E-state index in [-0.39, 0.29) is 15.4 Å². The SMILES string of the molecule is N=C(N)c1c(-c2ccc(S(N)(=O)=O)cc2)cccc1S(N)(=O)=O. The second kappa shape index (κ2) is 5.74. The zero-order chi connectivity index (χ0) is 17.4. The van der Waals surface area contributed by atoms with E-state index in [1.165, 1.54) is 36.4 Å². The van der Waals surface area contributed by atoms with Crippen LogP contribution >= 0.6 is 0 Å². The highest BCUT2D eigenvalue weighted by Gasteiger charge is 2.20. The first-order valence-electron chi connectivity index (χ1n) is 6.15. The molecule has 0 heterocycles. The molecule has 122 valence electrons. The number of nitrogens with one attached hydrogen (secondary N) is 1. The lowest BCUT2D eigenvalue weighted by atomic mass is 9.99. The minimum absolute atomic E-state index is 0.0432.